The molecule has 0 saturated heterocycles. The molecule has 28 heavy (non-hydrogen) atoms. The summed E-state index contributed by atoms with van der Waals surface area (Å²) in [4.78, 5) is 26.8. The predicted molar refractivity (Wildman–Crippen MR) is 107 cm³/mol. The maximum Gasteiger partial charge on any atom is 0.242 e. The highest BCUT2D eigenvalue weighted by molar-refractivity contribution is 6.31. The molecular weight excluding hydrogens is 383 g/mol. The average Bonchev–Trinajstić information content (AvgIpc) is 2.69. The van der Waals surface area contributed by atoms with Crippen LogP contribution in [0.2, 0.25) is 5.02 Å². The maximum atomic E-state index is 14.1. The van der Waals surface area contributed by atoms with Crippen LogP contribution >= 0.6 is 11.6 Å². The normalized spacial score (nSPS) is 11.6. The van der Waals surface area contributed by atoms with E-state index in [4.69, 9.17) is 16.3 Å². The van der Waals surface area contributed by atoms with Crippen LogP contribution in [0.4, 0.5) is 4.39 Å². The molecule has 150 valence electrons. The Labute approximate surface area is 169 Å². The quantitative estimate of drug-likeness (QED) is 0.728. The monoisotopic (exact) mass is 406 g/mol. The Morgan fingerprint density at radius 3 is 2.46 bits per heavy atom. The molecule has 1 unspecified atom stereocenters. The molecule has 0 spiro atoms. The van der Waals surface area contributed by atoms with E-state index in [0.29, 0.717) is 12.3 Å². The van der Waals surface area contributed by atoms with E-state index in [1.54, 1.807) is 33.1 Å². The first-order valence-electron chi connectivity index (χ1n) is 9.00. The van der Waals surface area contributed by atoms with Crippen molar-refractivity contribution < 1.29 is 18.7 Å². The summed E-state index contributed by atoms with van der Waals surface area (Å²) in [5.74, 6) is -0.516. The van der Waals surface area contributed by atoms with Crippen LogP contribution in [0.15, 0.2) is 42.5 Å². The fourth-order valence-corrected chi connectivity index (χ4v) is 3.02. The van der Waals surface area contributed by atoms with Crippen molar-refractivity contribution in [2.45, 2.75) is 32.9 Å². The van der Waals surface area contributed by atoms with Crippen LogP contribution < -0.4 is 10.1 Å². The Balaban J connectivity index is 2.27. The minimum absolute atomic E-state index is 0.122. The van der Waals surface area contributed by atoms with Crippen molar-refractivity contribution in [3.05, 3.63) is 64.4 Å². The third-order valence-corrected chi connectivity index (χ3v) is 4.77. The Hall–Kier alpha value is -2.60. The average molecular weight is 407 g/mol. The summed E-state index contributed by atoms with van der Waals surface area (Å²) in [7, 11) is 1.57. The van der Waals surface area contributed by atoms with Crippen molar-refractivity contribution in [1.29, 1.82) is 0 Å². The number of hydrogen-bond acceptors (Lipinski definition) is 3. The van der Waals surface area contributed by atoms with Crippen LogP contribution in [0, 0.1) is 5.82 Å². The van der Waals surface area contributed by atoms with Gasteiger partial charge in [0, 0.05) is 23.7 Å². The molecule has 0 radical (unpaired) electrons. The van der Waals surface area contributed by atoms with Crippen molar-refractivity contribution in [1.82, 2.24) is 10.2 Å². The zero-order valence-corrected chi connectivity index (χ0v) is 16.9. The highest BCUT2D eigenvalue weighted by Crippen LogP contribution is 2.22. The molecule has 0 aliphatic rings. The lowest BCUT2D eigenvalue weighted by Gasteiger charge is -2.29. The van der Waals surface area contributed by atoms with Crippen LogP contribution in [0.25, 0.3) is 0 Å². The summed E-state index contributed by atoms with van der Waals surface area (Å²) >= 11 is 6.06. The molecule has 0 aromatic heterocycles. The SMILES string of the molecule is CCNC(=O)C(C)N(Cc1ccc(OC)cc1)C(=O)Cc1c(F)cccc1Cl. The lowest BCUT2D eigenvalue weighted by Crippen LogP contribution is -2.48. The highest BCUT2D eigenvalue weighted by Gasteiger charge is 2.27. The number of ether oxygens (including phenoxy) is 1. The zero-order valence-electron chi connectivity index (χ0n) is 16.2. The van der Waals surface area contributed by atoms with Crippen LogP contribution in [-0.2, 0) is 22.6 Å². The Kier molecular flexibility index (Phi) is 7.81. The van der Waals surface area contributed by atoms with Gasteiger partial charge in [-0.15, -0.1) is 0 Å². The van der Waals surface area contributed by atoms with E-state index >= 15 is 0 Å². The molecule has 0 bridgehead atoms. The molecule has 2 rings (SSSR count). The van der Waals surface area contributed by atoms with Crippen LogP contribution in [0.5, 0.6) is 5.75 Å². The van der Waals surface area contributed by atoms with Gasteiger partial charge in [0.2, 0.25) is 11.8 Å². The van der Waals surface area contributed by atoms with E-state index in [2.05, 4.69) is 5.32 Å². The number of nitrogens with zero attached hydrogens (tertiary/aromatic N) is 1. The van der Waals surface area contributed by atoms with E-state index in [1.807, 2.05) is 12.1 Å². The number of benzene rings is 2. The zero-order chi connectivity index (χ0) is 20.7. The summed E-state index contributed by atoms with van der Waals surface area (Å²) < 4.78 is 19.3. The summed E-state index contributed by atoms with van der Waals surface area (Å²) in [5, 5.41) is 2.90. The third-order valence-electron chi connectivity index (χ3n) is 4.42. The second-order valence-corrected chi connectivity index (χ2v) is 6.72. The Morgan fingerprint density at radius 1 is 1.21 bits per heavy atom. The molecule has 2 aromatic carbocycles. The van der Waals surface area contributed by atoms with Crippen molar-refractivity contribution >= 4 is 23.4 Å². The molecule has 2 amide bonds. The molecule has 1 N–H and O–H groups in total. The molecule has 0 heterocycles. The molecular formula is C21H24ClFN2O3. The first-order valence-corrected chi connectivity index (χ1v) is 9.38. The van der Waals surface area contributed by atoms with Gasteiger partial charge in [0.15, 0.2) is 0 Å². The minimum Gasteiger partial charge on any atom is -0.497 e. The summed E-state index contributed by atoms with van der Waals surface area (Å²) in [5.41, 5.74) is 0.946. The number of hydrogen-bond donors (Lipinski definition) is 1. The molecule has 1 atom stereocenters. The van der Waals surface area contributed by atoms with E-state index in [-0.39, 0.29) is 35.4 Å². The van der Waals surface area contributed by atoms with Gasteiger partial charge < -0.3 is 15.0 Å². The largest absolute Gasteiger partial charge is 0.497 e. The fraction of sp³-hybridized carbons (Fsp3) is 0.333. The number of nitrogens with one attached hydrogen (secondary N) is 1. The van der Waals surface area contributed by atoms with Crippen LogP contribution in [-0.4, -0.2) is 36.4 Å². The van der Waals surface area contributed by atoms with Gasteiger partial charge >= 0.3 is 0 Å². The second kappa shape index (κ2) is 10.1. The molecule has 5 nitrogen and oxygen atoms in total. The summed E-state index contributed by atoms with van der Waals surface area (Å²) in [6, 6.07) is 10.8. The lowest BCUT2D eigenvalue weighted by atomic mass is 10.1. The summed E-state index contributed by atoms with van der Waals surface area (Å²) in [6.45, 7) is 4.11. The molecule has 0 fully saturated rings. The number of likely N-dealkylation sites (N-methyl/N-ethyl adjacent to an activating group) is 1. The van der Waals surface area contributed by atoms with E-state index in [9.17, 15) is 14.0 Å². The number of halogens is 2. The van der Waals surface area contributed by atoms with Gasteiger partial charge in [-0.3, -0.25) is 9.59 Å². The van der Waals surface area contributed by atoms with Crippen molar-refractivity contribution in [3.8, 4) is 5.75 Å². The predicted octanol–water partition coefficient (Wildman–Crippen LogP) is 3.58. The van der Waals surface area contributed by atoms with E-state index in [0.717, 1.165) is 5.56 Å². The van der Waals surface area contributed by atoms with Gasteiger partial charge in [-0.1, -0.05) is 29.8 Å². The highest BCUT2D eigenvalue weighted by atomic mass is 35.5. The molecule has 2 aromatic rings. The van der Waals surface area contributed by atoms with Crippen molar-refractivity contribution in [2.24, 2.45) is 0 Å². The lowest BCUT2D eigenvalue weighted by molar-refractivity contribution is -0.140. The number of carbonyl (C=O) groups excluding carboxylic acids is 2. The minimum atomic E-state index is -0.722. The summed E-state index contributed by atoms with van der Waals surface area (Å²) in [6.07, 6.45) is -0.231. The maximum absolute atomic E-state index is 14.1. The molecule has 0 aliphatic heterocycles. The molecule has 0 aliphatic carbocycles. The van der Waals surface area contributed by atoms with Gasteiger partial charge in [0.1, 0.15) is 17.6 Å². The standard InChI is InChI=1S/C21H24ClFN2O3/c1-4-24-21(27)14(2)25(13-15-8-10-16(28-3)11-9-15)20(26)12-17-18(22)6-5-7-19(17)23/h5-11,14H,4,12-13H2,1-3H3,(H,24,27). The fourth-order valence-electron chi connectivity index (χ4n) is 2.79. The van der Waals surface area contributed by atoms with Crippen LogP contribution in [0.1, 0.15) is 25.0 Å². The number of rotatable bonds is 8. The van der Waals surface area contributed by atoms with Gasteiger partial charge in [-0.2, -0.15) is 0 Å². The van der Waals surface area contributed by atoms with Crippen molar-refractivity contribution in [2.75, 3.05) is 13.7 Å². The van der Waals surface area contributed by atoms with Gasteiger partial charge in [-0.05, 0) is 43.7 Å². The van der Waals surface area contributed by atoms with Gasteiger partial charge in [0.25, 0.3) is 0 Å². The Bertz CT molecular complexity index is 807. The number of carbonyl (C=O) groups is 2. The molecule has 0 saturated carbocycles. The van der Waals surface area contributed by atoms with Gasteiger partial charge in [0.05, 0.1) is 13.5 Å². The first kappa shape index (κ1) is 21.7. The number of methoxy groups -OCH3 is 1. The van der Waals surface area contributed by atoms with E-state index < -0.39 is 11.9 Å². The first-order chi connectivity index (χ1) is 13.4. The smallest absolute Gasteiger partial charge is 0.242 e. The Morgan fingerprint density at radius 2 is 1.89 bits per heavy atom. The van der Waals surface area contributed by atoms with Crippen molar-refractivity contribution in [3.63, 3.8) is 0 Å². The number of amides is 2. The third kappa shape index (κ3) is 5.45. The topological polar surface area (TPSA) is 58.6 Å². The second-order valence-electron chi connectivity index (χ2n) is 6.32. The van der Waals surface area contributed by atoms with Gasteiger partial charge in [-0.25, -0.2) is 4.39 Å². The molecule has 7 heteroatoms. The van der Waals surface area contributed by atoms with Crippen LogP contribution in [0.3, 0.4) is 0 Å². The van der Waals surface area contributed by atoms with E-state index in [1.165, 1.54) is 23.1 Å².